The van der Waals surface area contributed by atoms with Crippen LogP contribution in [0.4, 0.5) is 0 Å². The SMILES string of the molecule is CCCOc1ccc(C(C)(NC)C(=O)O)cc1OCCC. The zero-order valence-corrected chi connectivity index (χ0v) is 13.2. The Kier molecular flexibility index (Phi) is 6.49. The fraction of sp³-hybridized carbons (Fsp3) is 0.562. The van der Waals surface area contributed by atoms with Crippen molar-refractivity contribution in [3.05, 3.63) is 23.8 Å². The first-order valence-electron chi connectivity index (χ1n) is 7.32. The molecule has 0 spiro atoms. The molecule has 1 rings (SSSR count). The fourth-order valence-corrected chi connectivity index (χ4v) is 1.85. The molecular weight excluding hydrogens is 270 g/mol. The molecule has 0 aliphatic carbocycles. The number of aliphatic carboxylic acids is 1. The third-order valence-electron chi connectivity index (χ3n) is 3.37. The number of carboxylic acid groups (broad SMARTS) is 1. The molecule has 0 aromatic heterocycles. The Hall–Kier alpha value is -1.75. The molecule has 5 nitrogen and oxygen atoms in total. The minimum atomic E-state index is -1.16. The highest BCUT2D eigenvalue weighted by Gasteiger charge is 2.34. The normalized spacial score (nSPS) is 13.5. The maximum atomic E-state index is 11.5. The Balaban J connectivity index is 3.15. The monoisotopic (exact) mass is 295 g/mol. The van der Waals surface area contributed by atoms with Crippen molar-refractivity contribution in [2.75, 3.05) is 20.3 Å². The van der Waals surface area contributed by atoms with E-state index < -0.39 is 11.5 Å². The van der Waals surface area contributed by atoms with Crippen molar-refractivity contribution in [3.63, 3.8) is 0 Å². The van der Waals surface area contributed by atoms with Gasteiger partial charge in [0.2, 0.25) is 0 Å². The van der Waals surface area contributed by atoms with Gasteiger partial charge in [-0.1, -0.05) is 19.9 Å². The molecule has 2 N–H and O–H groups in total. The Morgan fingerprint density at radius 3 is 2.24 bits per heavy atom. The molecular formula is C16H25NO4. The topological polar surface area (TPSA) is 67.8 Å². The average molecular weight is 295 g/mol. The molecule has 0 amide bonds. The molecule has 21 heavy (non-hydrogen) atoms. The molecule has 0 fully saturated rings. The second kappa shape index (κ2) is 7.88. The van der Waals surface area contributed by atoms with Crippen LogP contribution in [-0.2, 0) is 10.3 Å². The first-order valence-corrected chi connectivity index (χ1v) is 7.32. The van der Waals surface area contributed by atoms with Crippen LogP contribution in [-0.4, -0.2) is 31.3 Å². The number of carboxylic acids is 1. The lowest BCUT2D eigenvalue weighted by molar-refractivity contribution is -0.144. The third kappa shape index (κ3) is 4.11. The largest absolute Gasteiger partial charge is 0.490 e. The molecule has 118 valence electrons. The van der Waals surface area contributed by atoms with Crippen molar-refractivity contribution in [2.45, 2.75) is 39.2 Å². The van der Waals surface area contributed by atoms with Gasteiger partial charge in [0.25, 0.3) is 0 Å². The Labute approximate surface area is 126 Å². The molecule has 5 heteroatoms. The van der Waals surface area contributed by atoms with Gasteiger partial charge in [0, 0.05) is 0 Å². The van der Waals surface area contributed by atoms with Crippen molar-refractivity contribution in [1.29, 1.82) is 0 Å². The van der Waals surface area contributed by atoms with E-state index in [1.54, 1.807) is 32.2 Å². The number of hydrogen-bond donors (Lipinski definition) is 2. The molecule has 0 aliphatic heterocycles. The first-order chi connectivity index (χ1) is 9.99. The second-order valence-electron chi connectivity index (χ2n) is 5.04. The summed E-state index contributed by atoms with van der Waals surface area (Å²) in [6, 6.07) is 5.27. The number of likely N-dealkylation sites (N-methyl/N-ethyl adjacent to an activating group) is 1. The highest BCUT2D eigenvalue weighted by atomic mass is 16.5. The van der Waals surface area contributed by atoms with Gasteiger partial charge in [0.15, 0.2) is 11.5 Å². The fourth-order valence-electron chi connectivity index (χ4n) is 1.85. The Morgan fingerprint density at radius 2 is 1.76 bits per heavy atom. The molecule has 0 heterocycles. The molecule has 0 saturated heterocycles. The van der Waals surface area contributed by atoms with Gasteiger partial charge in [-0.05, 0) is 44.5 Å². The summed E-state index contributed by atoms with van der Waals surface area (Å²) in [4.78, 5) is 11.5. The molecule has 1 aromatic carbocycles. The predicted molar refractivity (Wildman–Crippen MR) is 82.1 cm³/mol. The van der Waals surface area contributed by atoms with Gasteiger partial charge in [-0.25, -0.2) is 4.79 Å². The van der Waals surface area contributed by atoms with Crippen LogP contribution in [0.25, 0.3) is 0 Å². The van der Waals surface area contributed by atoms with Crippen LogP contribution < -0.4 is 14.8 Å². The van der Waals surface area contributed by atoms with E-state index >= 15 is 0 Å². The van der Waals surface area contributed by atoms with E-state index in [1.807, 2.05) is 13.8 Å². The highest BCUT2D eigenvalue weighted by Crippen LogP contribution is 2.33. The van der Waals surface area contributed by atoms with Crippen molar-refractivity contribution in [1.82, 2.24) is 5.32 Å². The molecule has 0 aliphatic rings. The van der Waals surface area contributed by atoms with Crippen molar-refractivity contribution < 1.29 is 19.4 Å². The predicted octanol–water partition coefficient (Wildman–Crippen LogP) is 2.78. The summed E-state index contributed by atoms with van der Waals surface area (Å²) in [5.41, 5.74) is -0.527. The lowest BCUT2D eigenvalue weighted by Gasteiger charge is -2.25. The molecule has 0 bridgehead atoms. The van der Waals surface area contributed by atoms with E-state index in [0.717, 1.165) is 12.8 Å². The van der Waals surface area contributed by atoms with E-state index in [-0.39, 0.29) is 0 Å². The number of rotatable bonds is 9. The molecule has 0 saturated carbocycles. The summed E-state index contributed by atoms with van der Waals surface area (Å²) in [5, 5.41) is 12.3. The number of nitrogens with one attached hydrogen (secondary N) is 1. The molecule has 0 radical (unpaired) electrons. The lowest BCUT2D eigenvalue weighted by Crippen LogP contribution is -2.44. The maximum Gasteiger partial charge on any atom is 0.328 e. The van der Waals surface area contributed by atoms with E-state index in [2.05, 4.69) is 5.32 Å². The summed E-state index contributed by atoms with van der Waals surface area (Å²) in [7, 11) is 1.63. The van der Waals surface area contributed by atoms with E-state index in [9.17, 15) is 9.90 Å². The maximum absolute atomic E-state index is 11.5. The third-order valence-corrected chi connectivity index (χ3v) is 3.37. The van der Waals surface area contributed by atoms with Crippen molar-refractivity contribution in [2.24, 2.45) is 0 Å². The van der Waals surface area contributed by atoms with Crippen LogP contribution in [0.1, 0.15) is 39.2 Å². The second-order valence-corrected chi connectivity index (χ2v) is 5.04. The number of hydrogen-bond acceptors (Lipinski definition) is 4. The summed E-state index contributed by atoms with van der Waals surface area (Å²) in [5.74, 6) is 0.303. The average Bonchev–Trinajstić information content (AvgIpc) is 2.50. The molecule has 1 unspecified atom stereocenters. The smallest absolute Gasteiger partial charge is 0.328 e. The number of benzene rings is 1. The summed E-state index contributed by atoms with van der Waals surface area (Å²) >= 11 is 0. The summed E-state index contributed by atoms with van der Waals surface area (Å²) in [6.07, 6.45) is 1.78. The van der Waals surface area contributed by atoms with Crippen LogP contribution in [0.2, 0.25) is 0 Å². The van der Waals surface area contributed by atoms with Crippen molar-refractivity contribution >= 4 is 5.97 Å². The summed E-state index contributed by atoms with van der Waals surface area (Å²) < 4.78 is 11.4. The standard InChI is InChI=1S/C16H25NO4/c1-5-9-20-13-8-7-12(11-14(13)21-10-6-2)16(3,17-4)15(18)19/h7-8,11,17H,5-6,9-10H2,1-4H3,(H,18,19). The van der Waals surface area contributed by atoms with Gasteiger partial charge in [-0.3, -0.25) is 0 Å². The highest BCUT2D eigenvalue weighted by molar-refractivity contribution is 5.80. The first kappa shape index (κ1) is 17.3. The number of ether oxygens (including phenoxy) is 2. The van der Waals surface area contributed by atoms with Crippen LogP contribution in [0.5, 0.6) is 11.5 Å². The Bertz CT molecular complexity index is 475. The van der Waals surface area contributed by atoms with Gasteiger partial charge >= 0.3 is 5.97 Å². The number of carbonyl (C=O) groups is 1. The molecule has 1 aromatic rings. The van der Waals surface area contributed by atoms with Crippen molar-refractivity contribution in [3.8, 4) is 11.5 Å². The zero-order chi connectivity index (χ0) is 15.9. The van der Waals surface area contributed by atoms with Gasteiger partial charge < -0.3 is 19.9 Å². The lowest BCUT2D eigenvalue weighted by atomic mass is 9.92. The van der Waals surface area contributed by atoms with Gasteiger partial charge in [0.1, 0.15) is 5.54 Å². The molecule has 1 atom stereocenters. The summed E-state index contributed by atoms with van der Waals surface area (Å²) in [6.45, 7) is 6.84. The Morgan fingerprint density at radius 1 is 1.19 bits per heavy atom. The van der Waals surface area contributed by atoms with E-state index in [1.165, 1.54) is 0 Å². The van der Waals surface area contributed by atoms with E-state index in [4.69, 9.17) is 9.47 Å². The van der Waals surface area contributed by atoms with Gasteiger partial charge in [-0.15, -0.1) is 0 Å². The van der Waals surface area contributed by atoms with E-state index in [0.29, 0.717) is 30.3 Å². The minimum absolute atomic E-state index is 0.565. The van der Waals surface area contributed by atoms with Gasteiger partial charge in [-0.2, -0.15) is 0 Å². The van der Waals surface area contributed by atoms with Crippen LogP contribution in [0.15, 0.2) is 18.2 Å². The minimum Gasteiger partial charge on any atom is -0.490 e. The van der Waals surface area contributed by atoms with Gasteiger partial charge in [0.05, 0.1) is 13.2 Å². The van der Waals surface area contributed by atoms with Crippen LogP contribution >= 0.6 is 0 Å². The zero-order valence-electron chi connectivity index (χ0n) is 13.2. The van der Waals surface area contributed by atoms with Crippen LogP contribution in [0, 0.1) is 0 Å². The van der Waals surface area contributed by atoms with Crippen LogP contribution in [0.3, 0.4) is 0 Å². The quantitative estimate of drug-likeness (QED) is 0.733.